The van der Waals surface area contributed by atoms with Crippen molar-refractivity contribution in [1.29, 1.82) is 0 Å². The van der Waals surface area contributed by atoms with E-state index in [0.29, 0.717) is 4.88 Å². The van der Waals surface area contributed by atoms with Gasteiger partial charge >= 0.3 is 5.97 Å². The minimum Gasteiger partial charge on any atom is -0.465 e. The molecule has 0 saturated heterocycles. The number of methoxy groups -OCH3 is 1. The van der Waals surface area contributed by atoms with Gasteiger partial charge in [-0.2, -0.15) is 0 Å². The minimum absolute atomic E-state index is 0.292. The molecule has 1 aromatic heterocycles. The molecule has 0 amide bonds. The maximum atomic E-state index is 11.7. The van der Waals surface area contributed by atoms with Gasteiger partial charge in [-0.1, -0.05) is 72.8 Å². The number of benzene rings is 3. The SMILES string of the molecule is COC(=O)c1ccc(-c2ccc(N(Cc3ccccc3)Cc3ccccc3)cc2)s1. The molecule has 30 heavy (non-hydrogen) atoms. The van der Waals surface area contributed by atoms with Crippen LogP contribution in [0.15, 0.2) is 97.1 Å². The Kier molecular flexibility index (Phi) is 6.26. The number of carbonyl (C=O) groups excluding carboxylic acids is 1. The number of hydrogen-bond acceptors (Lipinski definition) is 4. The molecule has 3 aromatic carbocycles. The van der Waals surface area contributed by atoms with E-state index in [0.717, 1.165) is 29.2 Å². The quantitative estimate of drug-likeness (QED) is 0.328. The van der Waals surface area contributed by atoms with Crippen molar-refractivity contribution >= 4 is 23.0 Å². The summed E-state index contributed by atoms with van der Waals surface area (Å²) in [4.78, 5) is 15.8. The summed E-state index contributed by atoms with van der Waals surface area (Å²) in [6.45, 7) is 1.67. The van der Waals surface area contributed by atoms with Gasteiger partial charge in [0, 0.05) is 23.7 Å². The van der Waals surface area contributed by atoms with Crippen LogP contribution in [0.25, 0.3) is 10.4 Å². The van der Waals surface area contributed by atoms with Gasteiger partial charge in [0.15, 0.2) is 0 Å². The second-order valence-corrected chi connectivity index (χ2v) is 8.11. The number of anilines is 1. The Bertz CT molecular complexity index is 1050. The average Bonchev–Trinajstić information content (AvgIpc) is 3.30. The van der Waals surface area contributed by atoms with Gasteiger partial charge in [0.2, 0.25) is 0 Å². The highest BCUT2D eigenvalue weighted by molar-refractivity contribution is 7.17. The Labute approximate surface area is 181 Å². The summed E-state index contributed by atoms with van der Waals surface area (Å²) in [5.41, 5.74) is 4.81. The molecule has 0 atom stereocenters. The number of nitrogens with zero attached hydrogens (tertiary/aromatic N) is 1. The first kappa shape index (κ1) is 19.9. The largest absolute Gasteiger partial charge is 0.465 e. The molecular formula is C26H23NO2S. The van der Waals surface area contributed by atoms with Crippen LogP contribution in [0.4, 0.5) is 5.69 Å². The molecule has 0 unspecified atom stereocenters. The molecule has 0 spiro atoms. The van der Waals surface area contributed by atoms with E-state index < -0.39 is 0 Å². The Balaban J connectivity index is 1.58. The fourth-order valence-corrected chi connectivity index (χ4v) is 4.32. The Morgan fingerprint density at radius 1 is 0.767 bits per heavy atom. The Morgan fingerprint density at radius 3 is 1.87 bits per heavy atom. The van der Waals surface area contributed by atoms with Gasteiger partial charge in [-0.25, -0.2) is 4.79 Å². The van der Waals surface area contributed by atoms with Crippen LogP contribution < -0.4 is 4.90 Å². The summed E-state index contributed by atoms with van der Waals surface area (Å²) in [5, 5.41) is 0. The monoisotopic (exact) mass is 413 g/mol. The minimum atomic E-state index is -0.292. The summed E-state index contributed by atoms with van der Waals surface area (Å²) in [5.74, 6) is -0.292. The van der Waals surface area contributed by atoms with Crippen molar-refractivity contribution in [1.82, 2.24) is 0 Å². The number of carbonyl (C=O) groups is 1. The number of ether oxygens (including phenoxy) is 1. The lowest BCUT2D eigenvalue weighted by molar-refractivity contribution is 0.0606. The van der Waals surface area contributed by atoms with Crippen LogP contribution in [0.5, 0.6) is 0 Å². The van der Waals surface area contributed by atoms with Gasteiger partial charge in [0.1, 0.15) is 4.88 Å². The van der Waals surface area contributed by atoms with E-state index >= 15 is 0 Å². The maximum absolute atomic E-state index is 11.7. The molecule has 4 rings (SSSR count). The van der Waals surface area contributed by atoms with E-state index in [1.165, 1.54) is 29.6 Å². The summed E-state index contributed by atoms with van der Waals surface area (Å²) in [6, 6.07) is 33.4. The van der Waals surface area contributed by atoms with Crippen molar-refractivity contribution in [2.24, 2.45) is 0 Å². The van der Waals surface area contributed by atoms with Crippen molar-refractivity contribution in [2.75, 3.05) is 12.0 Å². The molecule has 4 heteroatoms. The molecular weight excluding hydrogens is 390 g/mol. The second kappa shape index (κ2) is 9.42. The van der Waals surface area contributed by atoms with Crippen LogP contribution in [-0.4, -0.2) is 13.1 Å². The number of thiophene rings is 1. The van der Waals surface area contributed by atoms with Crippen LogP contribution in [0.3, 0.4) is 0 Å². The first-order chi connectivity index (χ1) is 14.7. The van der Waals surface area contributed by atoms with Crippen molar-refractivity contribution in [3.63, 3.8) is 0 Å². The van der Waals surface area contributed by atoms with Gasteiger partial charge < -0.3 is 9.64 Å². The van der Waals surface area contributed by atoms with Crippen LogP contribution in [-0.2, 0) is 17.8 Å². The summed E-state index contributed by atoms with van der Waals surface area (Å²) >= 11 is 1.45. The van der Waals surface area contributed by atoms with Gasteiger partial charge in [0.05, 0.1) is 7.11 Å². The van der Waals surface area contributed by atoms with Crippen molar-refractivity contribution in [2.45, 2.75) is 13.1 Å². The first-order valence-electron chi connectivity index (χ1n) is 9.84. The molecule has 1 heterocycles. The lowest BCUT2D eigenvalue weighted by atomic mass is 10.1. The molecule has 4 aromatic rings. The van der Waals surface area contributed by atoms with Crippen molar-refractivity contribution in [3.8, 4) is 10.4 Å². The Hall–Kier alpha value is -3.37. The lowest BCUT2D eigenvalue weighted by Crippen LogP contribution is -2.22. The molecule has 0 radical (unpaired) electrons. The maximum Gasteiger partial charge on any atom is 0.348 e. The van der Waals surface area contributed by atoms with E-state index in [4.69, 9.17) is 4.74 Å². The van der Waals surface area contributed by atoms with Crippen LogP contribution in [0.1, 0.15) is 20.8 Å². The third-order valence-electron chi connectivity index (χ3n) is 4.94. The highest BCUT2D eigenvalue weighted by Crippen LogP contribution is 2.31. The predicted molar refractivity (Wildman–Crippen MR) is 124 cm³/mol. The smallest absolute Gasteiger partial charge is 0.348 e. The highest BCUT2D eigenvalue weighted by atomic mass is 32.1. The zero-order valence-electron chi connectivity index (χ0n) is 16.8. The summed E-state index contributed by atoms with van der Waals surface area (Å²) in [6.07, 6.45) is 0. The van der Waals surface area contributed by atoms with Gasteiger partial charge in [-0.3, -0.25) is 0 Å². The van der Waals surface area contributed by atoms with Gasteiger partial charge in [-0.15, -0.1) is 11.3 Å². The topological polar surface area (TPSA) is 29.5 Å². The lowest BCUT2D eigenvalue weighted by Gasteiger charge is -2.25. The van der Waals surface area contributed by atoms with E-state index in [1.807, 2.05) is 24.3 Å². The molecule has 3 nitrogen and oxygen atoms in total. The van der Waals surface area contributed by atoms with Crippen LogP contribution in [0.2, 0.25) is 0 Å². The van der Waals surface area contributed by atoms with E-state index in [2.05, 4.69) is 77.7 Å². The molecule has 150 valence electrons. The van der Waals surface area contributed by atoms with E-state index in [9.17, 15) is 4.79 Å². The Morgan fingerprint density at radius 2 is 1.33 bits per heavy atom. The van der Waals surface area contributed by atoms with Gasteiger partial charge in [0.25, 0.3) is 0 Å². The van der Waals surface area contributed by atoms with E-state index in [1.54, 1.807) is 0 Å². The van der Waals surface area contributed by atoms with Crippen LogP contribution >= 0.6 is 11.3 Å². The summed E-state index contributed by atoms with van der Waals surface area (Å²) < 4.78 is 4.81. The number of hydrogen-bond donors (Lipinski definition) is 0. The normalized spacial score (nSPS) is 10.6. The standard InChI is InChI=1S/C26H23NO2S/c1-29-26(28)25-17-16-24(30-25)22-12-14-23(15-13-22)27(18-20-8-4-2-5-9-20)19-21-10-6-3-7-11-21/h2-17H,18-19H2,1H3. The third kappa shape index (κ3) is 4.78. The zero-order valence-corrected chi connectivity index (χ0v) is 17.6. The molecule has 0 saturated carbocycles. The van der Waals surface area contributed by atoms with Crippen molar-refractivity contribution in [3.05, 3.63) is 113 Å². The fraction of sp³-hybridized carbons (Fsp3) is 0.115. The highest BCUT2D eigenvalue weighted by Gasteiger charge is 2.12. The van der Waals surface area contributed by atoms with Gasteiger partial charge in [-0.05, 0) is 41.0 Å². The second-order valence-electron chi connectivity index (χ2n) is 7.03. The molecule has 0 aliphatic heterocycles. The third-order valence-corrected chi connectivity index (χ3v) is 6.06. The number of rotatable bonds is 7. The molecule has 0 bridgehead atoms. The zero-order chi connectivity index (χ0) is 20.8. The average molecular weight is 414 g/mol. The molecule has 0 aliphatic rings. The molecule has 0 aliphatic carbocycles. The predicted octanol–water partition coefficient (Wildman–Crippen LogP) is 6.41. The molecule has 0 fully saturated rings. The van der Waals surface area contributed by atoms with E-state index in [-0.39, 0.29) is 5.97 Å². The fourth-order valence-electron chi connectivity index (χ4n) is 3.39. The van der Waals surface area contributed by atoms with Crippen LogP contribution in [0, 0.1) is 0 Å². The molecule has 0 N–H and O–H groups in total. The first-order valence-corrected chi connectivity index (χ1v) is 10.7. The van der Waals surface area contributed by atoms with Crippen molar-refractivity contribution < 1.29 is 9.53 Å². The number of esters is 1. The summed E-state index contributed by atoms with van der Waals surface area (Å²) in [7, 11) is 1.41.